The summed E-state index contributed by atoms with van der Waals surface area (Å²) in [6.07, 6.45) is 5.25. The van der Waals surface area contributed by atoms with Crippen molar-refractivity contribution in [1.82, 2.24) is 4.90 Å². The van der Waals surface area contributed by atoms with E-state index >= 15 is 0 Å². The average Bonchev–Trinajstić information content (AvgIpc) is 2.93. The Hall–Kier alpha value is -2.28. The van der Waals surface area contributed by atoms with Crippen molar-refractivity contribution in [2.24, 2.45) is 11.0 Å². The van der Waals surface area contributed by atoms with E-state index in [1.54, 1.807) is 4.90 Å². The van der Waals surface area contributed by atoms with Crippen LogP contribution in [0.3, 0.4) is 0 Å². The van der Waals surface area contributed by atoms with E-state index < -0.39 is 0 Å². The lowest BCUT2D eigenvalue weighted by molar-refractivity contribution is -0.122. The van der Waals surface area contributed by atoms with Crippen molar-refractivity contribution in [2.45, 2.75) is 0 Å². The van der Waals surface area contributed by atoms with Crippen molar-refractivity contribution in [2.75, 3.05) is 24.6 Å². The highest BCUT2D eigenvalue weighted by atomic mass is 16.2. The lowest BCUT2D eigenvalue weighted by Crippen LogP contribution is -2.29. The van der Waals surface area contributed by atoms with Crippen LogP contribution in [0.4, 0.5) is 5.69 Å². The number of terminal acetylenes is 1. The van der Waals surface area contributed by atoms with Crippen molar-refractivity contribution in [3.8, 4) is 12.3 Å². The van der Waals surface area contributed by atoms with Crippen LogP contribution in [0.15, 0.2) is 35.4 Å². The summed E-state index contributed by atoms with van der Waals surface area (Å²) in [5, 5.41) is 6.32. The molecule has 1 aromatic rings. The number of hydrogen-bond donors (Lipinski definition) is 0. The van der Waals surface area contributed by atoms with Crippen molar-refractivity contribution in [3.63, 3.8) is 0 Å². The lowest BCUT2D eigenvalue weighted by atomic mass is 10.1. The molecule has 4 nitrogen and oxygen atoms in total. The van der Waals surface area contributed by atoms with Gasteiger partial charge >= 0.3 is 0 Å². The fourth-order valence-electron chi connectivity index (χ4n) is 2.43. The molecule has 0 saturated carbocycles. The number of para-hydroxylation sites is 1. The van der Waals surface area contributed by atoms with E-state index in [0.29, 0.717) is 18.8 Å². The van der Waals surface area contributed by atoms with Gasteiger partial charge in [0.2, 0.25) is 0 Å². The van der Waals surface area contributed by atoms with Gasteiger partial charge in [-0.05, 0) is 12.1 Å². The highest BCUT2D eigenvalue weighted by molar-refractivity contribution is 6.42. The first-order chi connectivity index (χ1) is 8.79. The molecule has 0 aromatic heterocycles. The Morgan fingerprint density at radius 3 is 2.78 bits per heavy atom. The molecule has 0 radical (unpaired) electrons. The van der Waals surface area contributed by atoms with Gasteiger partial charge in [0.25, 0.3) is 5.91 Å². The standard InChI is InChI=1S/C14H13N3O/c1-2-8-16-9-11-10-17(15-13(11)14(16)18)12-6-4-3-5-7-12/h1,3-7,11H,8-10H2. The quantitative estimate of drug-likeness (QED) is 0.720. The van der Waals surface area contributed by atoms with Crippen LogP contribution in [-0.4, -0.2) is 36.2 Å². The molecule has 90 valence electrons. The molecule has 0 N–H and O–H groups in total. The van der Waals surface area contributed by atoms with Gasteiger partial charge in [-0.25, -0.2) is 0 Å². The fraction of sp³-hybridized carbons (Fsp3) is 0.286. The molecule has 1 fully saturated rings. The van der Waals surface area contributed by atoms with Gasteiger partial charge in [0, 0.05) is 12.5 Å². The Labute approximate surface area is 106 Å². The van der Waals surface area contributed by atoms with E-state index in [-0.39, 0.29) is 11.8 Å². The summed E-state index contributed by atoms with van der Waals surface area (Å²) in [5.74, 6) is 2.68. The van der Waals surface area contributed by atoms with Crippen molar-refractivity contribution in [3.05, 3.63) is 30.3 Å². The number of amides is 1. The second kappa shape index (κ2) is 4.19. The number of anilines is 1. The molecule has 4 heteroatoms. The highest BCUT2D eigenvalue weighted by Crippen LogP contribution is 2.27. The minimum atomic E-state index is -0.0172. The van der Waals surface area contributed by atoms with E-state index in [2.05, 4.69) is 11.0 Å². The summed E-state index contributed by atoms with van der Waals surface area (Å²) >= 11 is 0. The van der Waals surface area contributed by atoms with Crippen LogP contribution in [0.1, 0.15) is 0 Å². The molecule has 0 aliphatic carbocycles. The van der Waals surface area contributed by atoms with Crippen molar-refractivity contribution < 1.29 is 4.79 Å². The van der Waals surface area contributed by atoms with Crippen LogP contribution in [0.25, 0.3) is 0 Å². The topological polar surface area (TPSA) is 35.9 Å². The largest absolute Gasteiger partial charge is 0.326 e. The number of carbonyl (C=O) groups excluding carboxylic acids is 1. The number of fused-ring (bicyclic) bond motifs is 1. The summed E-state index contributed by atoms with van der Waals surface area (Å²) in [6.45, 7) is 1.82. The number of likely N-dealkylation sites (tertiary alicyclic amines) is 1. The van der Waals surface area contributed by atoms with Gasteiger partial charge in [0.15, 0.2) is 0 Å². The molecule has 0 bridgehead atoms. The number of hydrazone groups is 1. The molecular weight excluding hydrogens is 226 g/mol. The molecule has 0 spiro atoms. The number of nitrogens with zero attached hydrogens (tertiary/aromatic N) is 3. The Morgan fingerprint density at radius 1 is 1.33 bits per heavy atom. The first-order valence-electron chi connectivity index (χ1n) is 5.93. The van der Waals surface area contributed by atoms with Gasteiger partial charge < -0.3 is 4.90 Å². The van der Waals surface area contributed by atoms with Crippen LogP contribution in [0.2, 0.25) is 0 Å². The molecule has 1 unspecified atom stereocenters. The third kappa shape index (κ3) is 1.65. The van der Waals surface area contributed by atoms with Gasteiger partial charge in [-0.1, -0.05) is 24.1 Å². The predicted octanol–water partition coefficient (Wildman–Crippen LogP) is 0.954. The molecule has 3 rings (SSSR count). The molecule has 1 atom stereocenters. The van der Waals surface area contributed by atoms with Gasteiger partial charge in [-0.3, -0.25) is 9.80 Å². The minimum Gasteiger partial charge on any atom is -0.326 e. The zero-order valence-electron chi connectivity index (χ0n) is 9.91. The molecule has 1 saturated heterocycles. The number of hydrogen-bond acceptors (Lipinski definition) is 3. The van der Waals surface area contributed by atoms with Crippen LogP contribution in [-0.2, 0) is 4.79 Å². The third-order valence-corrected chi connectivity index (χ3v) is 3.29. The molecule has 18 heavy (non-hydrogen) atoms. The number of carbonyl (C=O) groups is 1. The summed E-state index contributed by atoms with van der Waals surface area (Å²) in [5.41, 5.74) is 1.67. The Morgan fingerprint density at radius 2 is 2.11 bits per heavy atom. The van der Waals surface area contributed by atoms with E-state index in [9.17, 15) is 4.79 Å². The summed E-state index contributed by atoms with van der Waals surface area (Å²) in [4.78, 5) is 13.7. The Balaban J connectivity index is 1.82. The second-order valence-electron chi connectivity index (χ2n) is 4.49. The van der Waals surface area contributed by atoms with Crippen LogP contribution < -0.4 is 5.01 Å². The highest BCUT2D eigenvalue weighted by Gasteiger charge is 2.41. The molecule has 1 amide bonds. The second-order valence-corrected chi connectivity index (χ2v) is 4.49. The maximum atomic E-state index is 12.0. The van der Waals surface area contributed by atoms with Crippen LogP contribution >= 0.6 is 0 Å². The minimum absolute atomic E-state index is 0.0172. The first-order valence-corrected chi connectivity index (χ1v) is 5.93. The Kier molecular flexibility index (Phi) is 2.52. The monoisotopic (exact) mass is 239 g/mol. The van der Waals surface area contributed by atoms with Crippen molar-refractivity contribution in [1.29, 1.82) is 0 Å². The smallest absolute Gasteiger partial charge is 0.271 e. The van der Waals surface area contributed by atoms with Crippen LogP contribution in [0.5, 0.6) is 0 Å². The SMILES string of the molecule is C#CCN1CC2CN(c3ccccc3)N=C2C1=O. The van der Waals surface area contributed by atoms with Gasteiger partial charge in [0.05, 0.1) is 18.8 Å². The van der Waals surface area contributed by atoms with E-state index in [4.69, 9.17) is 6.42 Å². The maximum absolute atomic E-state index is 12.0. The first kappa shape index (κ1) is 10.8. The van der Waals surface area contributed by atoms with Gasteiger partial charge in [-0.2, -0.15) is 5.10 Å². The normalized spacial score (nSPS) is 21.8. The van der Waals surface area contributed by atoms with E-state index in [1.807, 2.05) is 35.3 Å². The average molecular weight is 239 g/mol. The molecule has 2 heterocycles. The zero-order valence-corrected chi connectivity index (χ0v) is 9.91. The zero-order chi connectivity index (χ0) is 12.5. The number of rotatable bonds is 2. The molecular formula is C14H13N3O. The Bertz CT molecular complexity index is 544. The maximum Gasteiger partial charge on any atom is 0.271 e. The molecule has 2 aliphatic heterocycles. The van der Waals surface area contributed by atoms with Gasteiger partial charge in [-0.15, -0.1) is 6.42 Å². The summed E-state index contributed by atoms with van der Waals surface area (Å²) in [7, 11) is 0. The molecule has 1 aromatic carbocycles. The van der Waals surface area contributed by atoms with Gasteiger partial charge in [0.1, 0.15) is 5.71 Å². The van der Waals surface area contributed by atoms with E-state index in [0.717, 1.165) is 12.2 Å². The summed E-state index contributed by atoms with van der Waals surface area (Å²) < 4.78 is 0. The van der Waals surface area contributed by atoms with Crippen LogP contribution in [0, 0.1) is 18.3 Å². The number of benzene rings is 1. The lowest BCUT2D eigenvalue weighted by Gasteiger charge is -2.18. The summed E-state index contributed by atoms with van der Waals surface area (Å²) in [6, 6.07) is 9.89. The van der Waals surface area contributed by atoms with E-state index in [1.165, 1.54) is 0 Å². The fourth-order valence-corrected chi connectivity index (χ4v) is 2.43. The molecule has 2 aliphatic rings. The third-order valence-electron chi connectivity index (χ3n) is 3.29. The predicted molar refractivity (Wildman–Crippen MR) is 70.1 cm³/mol. The van der Waals surface area contributed by atoms with Crippen molar-refractivity contribution >= 4 is 17.3 Å².